The van der Waals surface area contributed by atoms with Crippen molar-refractivity contribution in [2.45, 2.75) is 46.1 Å². The normalized spacial score (nSPS) is 19.7. The fourth-order valence-corrected chi connectivity index (χ4v) is 2.65. The summed E-state index contributed by atoms with van der Waals surface area (Å²) in [5, 5.41) is 2.97. The number of anilines is 1. The standard InChI is InChI=1S/C17H24N2O2/c1-4-12(3)18-17(21)14-10-16(20)19(11-14)15-9-7-6-8-13(15)5-2/h6-9,12,14H,4-5,10-11H2,1-3H3,(H,18,21)/t12-,14-/m1/s1. The van der Waals surface area contributed by atoms with E-state index in [0.717, 1.165) is 24.1 Å². The lowest BCUT2D eigenvalue weighted by molar-refractivity contribution is -0.126. The Balaban J connectivity index is 2.11. The van der Waals surface area contributed by atoms with Crippen LogP contribution in [0, 0.1) is 5.92 Å². The van der Waals surface area contributed by atoms with E-state index in [4.69, 9.17) is 0 Å². The van der Waals surface area contributed by atoms with Crippen LogP contribution in [0.25, 0.3) is 0 Å². The summed E-state index contributed by atoms with van der Waals surface area (Å²) in [6.07, 6.45) is 2.08. The van der Waals surface area contributed by atoms with E-state index < -0.39 is 0 Å². The van der Waals surface area contributed by atoms with Gasteiger partial charge in [0.1, 0.15) is 0 Å². The lowest BCUT2D eigenvalue weighted by atomic mass is 10.1. The van der Waals surface area contributed by atoms with Crippen LogP contribution in [0.15, 0.2) is 24.3 Å². The second-order valence-corrected chi connectivity index (χ2v) is 5.71. The summed E-state index contributed by atoms with van der Waals surface area (Å²) in [5.74, 6) is -0.203. The molecule has 0 saturated carbocycles. The van der Waals surface area contributed by atoms with Gasteiger partial charge in [0.05, 0.1) is 5.92 Å². The molecule has 2 rings (SSSR count). The highest BCUT2D eigenvalue weighted by atomic mass is 16.2. The van der Waals surface area contributed by atoms with Crippen LogP contribution in [0.2, 0.25) is 0 Å². The van der Waals surface area contributed by atoms with E-state index in [0.29, 0.717) is 13.0 Å². The van der Waals surface area contributed by atoms with Crippen molar-refractivity contribution >= 4 is 17.5 Å². The Morgan fingerprint density at radius 2 is 2.10 bits per heavy atom. The minimum atomic E-state index is -0.239. The van der Waals surface area contributed by atoms with Crippen LogP contribution in [-0.2, 0) is 16.0 Å². The number of benzene rings is 1. The van der Waals surface area contributed by atoms with E-state index in [1.54, 1.807) is 4.90 Å². The van der Waals surface area contributed by atoms with E-state index in [2.05, 4.69) is 12.2 Å². The zero-order chi connectivity index (χ0) is 15.4. The van der Waals surface area contributed by atoms with Crippen molar-refractivity contribution in [2.75, 3.05) is 11.4 Å². The largest absolute Gasteiger partial charge is 0.353 e. The highest BCUT2D eigenvalue weighted by Crippen LogP contribution is 2.28. The number of nitrogens with one attached hydrogen (secondary N) is 1. The van der Waals surface area contributed by atoms with Gasteiger partial charge in [-0.2, -0.15) is 0 Å². The van der Waals surface area contributed by atoms with E-state index in [1.165, 1.54) is 0 Å². The first-order valence-electron chi connectivity index (χ1n) is 7.75. The Morgan fingerprint density at radius 1 is 1.38 bits per heavy atom. The smallest absolute Gasteiger partial charge is 0.227 e. The minimum absolute atomic E-state index is 0.00539. The van der Waals surface area contributed by atoms with Gasteiger partial charge in [0, 0.05) is 24.7 Å². The van der Waals surface area contributed by atoms with Gasteiger partial charge in [-0.05, 0) is 31.4 Å². The Morgan fingerprint density at radius 3 is 2.76 bits per heavy atom. The fraction of sp³-hybridized carbons (Fsp3) is 0.529. The molecule has 0 aromatic heterocycles. The third-order valence-corrected chi connectivity index (χ3v) is 4.16. The van der Waals surface area contributed by atoms with Crippen molar-refractivity contribution < 1.29 is 9.59 Å². The third kappa shape index (κ3) is 3.43. The van der Waals surface area contributed by atoms with E-state index >= 15 is 0 Å². The van der Waals surface area contributed by atoms with Crippen LogP contribution >= 0.6 is 0 Å². The van der Waals surface area contributed by atoms with Crippen molar-refractivity contribution in [3.63, 3.8) is 0 Å². The minimum Gasteiger partial charge on any atom is -0.353 e. The number of para-hydroxylation sites is 1. The second-order valence-electron chi connectivity index (χ2n) is 5.71. The molecule has 0 aliphatic carbocycles. The summed E-state index contributed by atoms with van der Waals surface area (Å²) >= 11 is 0. The van der Waals surface area contributed by atoms with Crippen LogP contribution in [-0.4, -0.2) is 24.4 Å². The van der Waals surface area contributed by atoms with Gasteiger partial charge in [0.15, 0.2) is 0 Å². The Bertz CT molecular complexity index is 527. The highest BCUT2D eigenvalue weighted by molar-refractivity contribution is 6.00. The molecule has 1 aliphatic rings. The van der Waals surface area contributed by atoms with Gasteiger partial charge in [-0.15, -0.1) is 0 Å². The first-order valence-corrected chi connectivity index (χ1v) is 7.75. The van der Waals surface area contributed by atoms with Gasteiger partial charge in [-0.25, -0.2) is 0 Å². The molecule has 0 bridgehead atoms. The Labute approximate surface area is 126 Å². The SMILES string of the molecule is CCc1ccccc1N1C[C@H](C(=O)N[C@H](C)CC)CC1=O. The number of amides is 2. The van der Waals surface area contributed by atoms with Crippen LogP contribution < -0.4 is 10.2 Å². The van der Waals surface area contributed by atoms with E-state index in [9.17, 15) is 9.59 Å². The van der Waals surface area contributed by atoms with E-state index in [-0.39, 0.29) is 23.8 Å². The van der Waals surface area contributed by atoms with Crippen LogP contribution in [0.1, 0.15) is 39.2 Å². The first kappa shape index (κ1) is 15.5. The molecule has 1 aromatic rings. The maximum absolute atomic E-state index is 12.3. The molecule has 0 radical (unpaired) electrons. The summed E-state index contributed by atoms with van der Waals surface area (Å²) in [7, 11) is 0. The molecule has 2 atom stereocenters. The molecule has 0 unspecified atom stereocenters. The summed E-state index contributed by atoms with van der Waals surface area (Å²) in [5.41, 5.74) is 2.10. The van der Waals surface area contributed by atoms with Gasteiger partial charge in [0.25, 0.3) is 0 Å². The molecule has 1 heterocycles. The van der Waals surface area contributed by atoms with Gasteiger partial charge in [-0.3, -0.25) is 9.59 Å². The molecule has 114 valence electrons. The summed E-state index contributed by atoms with van der Waals surface area (Å²) in [4.78, 5) is 26.2. The summed E-state index contributed by atoms with van der Waals surface area (Å²) in [6, 6.07) is 8.08. The molecule has 1 aliphatic heterocycles. The predicted octanol–water partition coefficient (Wildman–Crippen LogP) is 2.52. The molecule has 21 heavy (non-hydrogen) atoms. The average molecular weight is 288 g/mol. The molecule has 1 aromatic carbocycles. The summed E-state index contributed by atoms with van der Waals surface area (Å²) < 4.78 is 0. The Hall–Kier alpha value is -1.84. The fourth-order valence-electron chi connectivity index (χ4n) is 2.65. The molecular weight excluding hydrogens is 264 g/mol. The van der Waals surface area contributed by atoms with Crippen molar-refractivity contribution in [1.29, 1.82) is 0 Å². The first-order chi connectivity index (χ1) is 10.1. The highest BCUT2D eigenvalue weighted by Gasteiger charge is 2.35. The second kappa shape index (κ2) is 6.74. The topological polar surface area (TPSA) is 49.4 Å². The number of carbonyl (C=O) groups is 2. The number of aryl methyl sites for hydroxylation is 1. The molecule has 1 N–H and O–H groups in total. The number of hydrogen-bond donors (Lipinski definition) is 1. The lowest BCUT2D eigenvalue weighted by Gasteiger charge is -2.20. The number of carbonyl (C=O) groups excluding carboxylic acids is 2. The maximum Gasteiger partial charge on any atom is 0.227 e. The van der Waals surface area contributed by atoms with Crippen LogP contribution in [0.3, 0.4) is 0 Å². The van der Waals surface area contributed by atoms with Crippen molar-refractivity contribution in [2.24, 2.45) is 5.92 Å². The molecule has 2 amide bonds. The zero-order valence-electron chi connectivity index (χ0n) is 13.1. The average Bonchev–Trinajstić information content (AvgIpc) is 2.89. The molecule has 4 heteroatoms. The number of hydrogen-bond acceptors (Lipinski definition) is 2. The van der Waals surface area contributed by atoms with Gasteiger partial charge in [-0.1, -0.05) is 32.0 Å². The maximum atomic E-state index is 12.3. The predicted molar refractivity (Wildman–Crippen MR) is 84.2 cm³/mol. The number of nitrogens with zero attached hydrogens (tertiary/aromatic N) is 1. The quantitative estimate of drug-likeness (QED) is 0.905. The molecule has 1 fully saturated rings. The zero-order valence-corrected chi connectivity index (χ0v) is 13.1. The third-order valence-electron chi connectivity index (χ3n) is 4.16. The van der Waals surface area contributed by atoms with Gasteiger partial charge < -0.3 is 10.2 Å². The van der Waals surface area contributed by atoms with Gasteiger partial charge >= 0.3 is 0 Å². The van der Waals surface area contributed by atoms with Crippen LogP contribution in [0.4, 0.5) is 5.69 Å². The lowest BCUT2D eigenvalue weighted by Crippen LogP contribution is -2.38. The van der Waals surface area contributed by atoms with Crippen molar-refractivity contribution in [3.8, 4) is 0 Å². The summed E-state index contributed by atoms with van der Waals surface area (Å²) in [6.45, 7) is 6.58. The monoisotopic (exact) mass is 288 g/mol. The molecule has 1 saturated heterocycles. The molecule has 0 spiro atoms. The van der Waals surface area contributed by atoms with Crippen LogP contribution in [0.5, 0.6) is 0 Å². The van der Waals surface area contributed by atoms with Crippen molar-refractivity contribution in [3.05, 3.63) is 29.8 Å². The Kier molecular flexibility index (Phi) is 4.99. The van der Waals surface area contributed by atoms with E-state index in [1.807, 2.05) is 38.1 Å². The van der Waals surface area contributed by atoms with Crippen molar-refractivity contribution in [1.82, 2.24) is 5.32 Å². The molecular formula is C17H24N2O2. The van der Waals surface area contributed by atoms with Gasteiger partial charge in [0.2, 0.25) is 11.8 Å². The number of rotatable bonds is 5. The molecule has 4 nitrogen and oxygen atoms in total.